The molecule has 1 aliphatic heterocycles. The largest absolute Gasteiger partial charge is 0.460 e. The van der Waals surface area contributed by atoms with Gasteiger partial charge in [0, 0.05) is 7.11 Å². The average Bonchev–Trinajstić information content (AvgIpc) is 2.61. The van der Waals surface area contributed by atoms with Crippen molar-refractivity contribution in [2.24, 2.45) is 5.73 Å². The van der Waals surface area contributed by atoms with Crippen molar-refractivity contribution < 1.29 is 19.0 Å². The van der Waals surface area contributed by atoms with Gasteiger partial charge < -0.3 is 19.9 Å². The number of carbonyl (C=O) groups excluding carboxylic acids is 1. The number of allylic oxidation sites excluding steroid dienone is 2. The van der Waals surface area contributed by atoms with Crippen LogP contribution in [-0.2, 0) is 25.4 Å². The number of methoxy groups -OCH3 is 1. The van der Waals surface area contributed by atoms with Crippen LogP contribution in [0.5, 0.6) is 0 Å². The molecule has 132 valence electrons. The van der Waals surface area contributed by atoms with Gasteiger partial charge in [-0.1, -0.05) is 31.2 Å². The zero-order chi connectivity index (χ0) is 18.4. The highest BCUT2D eigenvalue weighted by molar-refractivity contribution is 5.92. The number of nitriles is 1. The van der Waals surface area contributed by atoms with Crippen molar-refractivity contribution >= 4 is 5.97 Å². The zero-order valence-corrected chi connectivity index (χ0v) is 14.7. The molecule has 1 aromatic rings. The molecule has 0 radical (unpaired) electrons. The molecule has 1 heterocycles. The normalized spacial score (nSPS) is 17.1. The topological polar surface area (TPSA) is 94.6 Å². The minimum Gasteiger partial charge on any atom is -0.460 e. The lowest BCUT2D eigenvalue weighted by Crippen LogP contribution is -2.26. The highest BCUT2D eigenvalue weighted by atomic mass is 16.6. The van der Waals surface area contributed by atoms with Crippen LogP contribution in [-0.4, -0.2) is 26.3 Å². The molecule has 0 bridgehead atoms. The number of benzene rings is 1. The van der Waals surface area contributed by atoms with E-state index in [9.17, 15) is 10.1 Å². The number of hydrogen-bond acceptors (Lipinski definition) is 6. The number of carbonyl (C=O) groups is 1. The zero-order valence-electron chi connectivity index (χ0n) is 14.7. The predicted molar refractivity (Wildman–Crippen MR) is 92.0 cm³/mol. The fraction of sp³-hybridized carbons (Fsp3) is 0.368. The molecule has 0 aromatic heterocycles. The second-order valence-electron chi connectivity index (χ2n) is 5.62. The van der Waals surface area contributed by atoms with Gasteiger partial charge in [0.25, 0.3) is 0 Å². The molecule has 0 saturated carbocycles. The van der Waals surface area contributed by atoms with E-state index in [4.69, 9.17) is 19.9 Å². The fourth-order valence-corrected chi connectivity index (χ4v) is 2.72. The van der Waals surface area contributed by atoms with Crippen LogP contribution in [0.1, 0.15) is 30.9 Å². The summed E-state index contributed by atoms with van der Waals surface area (Å²) >= 11 is 0. The first-order chi connectivity index (χ1) is 12.0. The average molecular weight is 342 g/mol. The SMILES string of the molecule is CCc1ccc([C@H]2C(C#N)=C(N)OC(C)=C2C(=O)OCCOC)cc1. The summed E-state index contributed by atoms with van der Waals surface area (Å²) in [5.41, 5.74) is 8.32. The summed E-state index contributed by atoms with van der Waals surface area (Å²) in [6, 6.07) is 9.81. The van der Waals surface area contributed by atoms with Crippen molar-refractivity contribution in [2.45, 2.75) is 26.2 Å². The van der Waals surface area contributed by atoms with Gasteiger partial charge in [0.2, 0.25) is 5.88 Å². The smallest absolute Gasteiger partial charge is 0.338 e. The standard InChI is InChI=1S/C19H22N2O4/c1-4-13-5-7-14(8-6-13)17-15(11-20)18(21)25-12(2)16(17)19(22)24-10-9-23-3/h5-8,17H,4,9-10,21H2,1-3H3/t17-/m0/s1. The van der Waals surface area contributed by atoms with Crippen molar-refractivity contribution in [3.63, 3.8) is 0 Å². The molecule has 25 heavy (non-hydrogen) atoms. The number of hydrogen-bond donors (Lipinski definition) is 1. The van der Waals surface area contributed by atoms with Gasteiger partial charge in [0.05, 0.1) is 18.1 Å². The summed E-state index contributed by atoms with van der Waals surface area (Å²) in [6.45, 7) is 4.11. The molecule has 1 aromatic carbocycles. The van der Waals surface area contributed by atoms with Crippen LogP contribution in [0.15, 0.2) is 47.1 Å². The van der Waals surface area contributed by atoms with E-state index in [0.29, 0.717) is 5.76 Å². The number of aryl methyl sites for hydroxylation is 1. The first kappa shape index (κ1) is 18.6. The van der Waals surface area contributed by atoms with E-state index in [0.717, 1.165) is 17.5 Å². The van der Waals surface area contributed by atoms with E-state index in [1.807, 2.05) is 24.3 Å². The maximum absolute atomic E-state index is 12.6. The first-order valence-corrected chi connectivity index (χ1v) is 8.06. The molecule has 6 heteroatoms. The lowest BCUT2D eigenvalue weighted by molar-refractivity contribution is -0.140. The molecule has 1 aliphatic rings. The van der Waals surface area contributed by atoms with Crippen LogP contribution in [0.2, 0.25) is 0 Å². The van der Waals surface area contributed by atoms with Gasteiger partial charge in [0.1, 0.15) is 24.0 Å². The molecule has 0 unspecified atom stereocenters. The van der Waals surface area contributed by atoms with E-state index < -0.39 is 11.9 Å². The Bertz CT molecular complexity index is 742. The second kappa shape index (κ2) is 8.36. The summed E-state index contributed by atoms with van der Waals surface area (Å²) in [6.07, 6.45) is 0.901. The third kappa shape index (κ3) is 4.01. The van der Waals surface area contributed by atoms with E-state index in [2.05, 4.69) is 13.0 Å². The lowest BCUT2D eigenvalue weighted by Gasteiger charge is -2.27. The van der Waals surface area contributed by atoms with Crippen molar-refractivity contribution in [1.82, 2.24) is 0 Å². The molecule has 0 saturated heterocycles. The Labute approximate surface area is 147 Å². The van der Waals surface area contributed by atoms with Crippen molar-refractivity contribution in [3.8, 4) is 6.07 Å². The Balaban J connectivity index is 2.44. The van der Waals surface area contributed by atoms with Gasteiger partial charge in [0.15, 0.2) is 0 Å². The predicted octanol–water partition coefficient (Wildman–Crippen LogP) is 2.52. The first-order valence-electron chi connectivity index (χ1n) is 8.06. The summed E-state index contributed by atoms with van der Waals surface area (Å²) in [7, 11) is 1.53. The number of rotatable bonds is 6. The maximum atomic E-state index is 12.6. The van der Waals surface area contributed by atoms with Gasteiger partial charge >= 0.3 is 5.97 Å². The van der Waals surface area contributed by atoms with E-state index in [1.54, 1.807) is 6.92 Å². The highest BCUT2D eigenvalue weighted by Crippen LogP contribution is 2.39. The van der Waals surface area contributed by atoms with Crippen LogP contribution in [0.25, 0.3) is 0 Å². The van der Waals surface area contributed by atoms with Crippen molar-refractivity contribution in [1.29, 1.82) is 5.26 Å². The van der Waals surface area contributed by atoms with Crippen LogP contribution in [0, 0.1) is 11.3 Å². The lowest BCUT2D eigenvalue weighted by atomic mass is 9.83. The third-order valence-electron chi connectivity index (χ3n) is 4.07. The van der Waals surface area contributed by atoms with Gasteiger partial charge in [-0.2, -0.15) is 5.26 Å². The number of esters is 1. The molecular formula is C19H22N2O4. The monoisotopic (exact) mass is 342 g/mol. The number of nitrogens with two attached hydrogens (primary N) is 1. The van der Waals surface area contributed by atoms with Crippen molar-refractivity contribution in [2.75, 3.05) is 20.3 Å². The van der Waals surface area contributed by atoms with Gasteiger partial charge in [-0.05, 0) is 24.5 Å². The Kier molecular flexibility index (Phi) is 6.20. The van der Waals surface area contributed by atoms with E-state index in [-0.39, 0.29) is 30.2 Å². The minimum absolute atomic E-state index is 0.0120. The molecule has 2 N–H and O–H groups in total. The highest BCUT2D eigenvalue weighted by Gasteiger charge is 2.36. The molecule has 0 amide bonds. The van der Waals surface area contributed by atoms with E-state index >= 15 is 0 Å². The number of nitrogens with zero attached hydrogens (tertiary/aromatic N) is 1. The summed E-state index contributed by atoms with van der Waals surface area (Å²) in [4.78, 5) is 12.6. The Morgan fingerprint density at radius 2 is 2.00 bits per heavy atom. The Morgan fingerprint density at radius 1 is 1.32 bits per heavy atom. The van der Waals surface area contributed by atoms with Crippen molar-refractivity contribution in [3.05, 3.63) is 58.2 Å². The molecular weight excluding hydrogens is 320 g/mol. The van der Waals surface area contributed by atoms with Crippen LogP contribution in [0.3, 0.4) is 0 Å². The molecule has 6 nitrogen and oxygen atoms in total. The van der Waals surface area contributed by atoms with Gasteiger partial charge in [-0.25, -0.2) is 4.79 Å². The summed E-state index contributed by atoms with van der Waals surface area (Å²) < 4.78 is 15.5. The van der Waals surface area contributed by atoms with Crippen LogP contribution in [0.4, 0.5) is 0 Å². The molecule has 2 rings (SSSR count). The fourth-order valence-electron chi connectivity index (χ4n) is 2.72. The van der Waals surface area contributed by atoms with E-state index in [1.165, 1.54) is 7.11 Å². The molecule has 0 aliphatic carbocycles. The van der Waals surface area contributed by atoms with Gasteiger partial charge in [-0.15, -0.1) is 0 Å². The Morgan fingerprint density at radius 3 is 2.56 bits per heavy atom. The second-order valence-corrected chi connectivity index (χ2v) is 5.62. The number of ether oxygens (including phenoxy) is 3. The quantitative estimate of drug-likeness (QED) is 0.630. The molecule has 0 spiro atoms. The van der Waals surface area contributed by atoms with Crippen LogP contribution < -0.4 is 5.73 Å². The maximum Gasteiger partial charge on any atom is 0.338 e. The molecule has 1 atom stereocenters. The minimum atomic E-state index is -0.611. The summed E-state index contributed by atoms with van der Waals surface area (Å²) in [5.74, 6) is -0.805. The Hall–Kier alpha value is -2.78. The molecule has 0 fully saturated rings. The third-order valence-corrected chi connectivity index (χ3v) is 4.07. The van der Waals surface area contributed by atoms with Crippen LogP contribution >= 0.6 is 0 Å². The summed E-state index contributed by atoms with van der Waals surface area (Å²) in [5, 5.41) is 9.53. The van der Waals surface area contributed by atoms with Gasteiger partial charge in [-0.3, -0.25) is 0 Å².